The number of methoxy groups -OCH3 is 1. The molecule has 0 N–H and O–H groups in total. The molecule has 0 amide bonds. The summed E-state index contributed by atoms with van der Waals surface area (Å²) in [5.41, 5.74) is 0. The molecule has 0 fully saturated rings. The van der Waals surface area contributed by atoms with Crippen LogP contribution in [0.25, 0.3) is 0 Å². The van der Waals surface area contributed by atoms with Crippen LogP contribution in [-0.4, -0.2) is 7.11 Å². The topological polar surface area (TPSA) is 9.23 Å². The van der Waals surface area contributed by atoms with E-state index in [1.54, 1.807) is 7.11 Å². The molecule has 1 nitrogen and oxygen atoms in total. The number of rotatable bonds is 2. The summed E-state index contributed by atoms with van der Waals surface area (Å²) in [4.78, 5) is 0. The van der Waals surface area contributed by atoms with Gasteiger partial charge >= 0.3 is 19.8 Å². The molecule has 0 bridgehead atoms. The predicted octanol–water partition coefficient (Wildman–Crippen LogP) is 1.92. The molecule has 0 spiro atoms. The summed E-state index contributed by atoms with van der Waals surface area (Å²) in [7, 11) is 1.70. The summed E-state index contributed by atoms with van der Waals surface area (Å²) in [6, 6.07) is 0. The second kappa shape index (κ2) is 4.83. The van der Waals surface area contributed by atoms with Gasteiger partial charge in [-0.05, 0) is 7.11 Å². The molecule has 0 aromatic carbocycles. The summed E-state index contributed by atoms with van der Waals surface area (Å²) < 4.78 is 5.05. The second-order valence-electron chi connectivity index (χ2n) is 2.11. The van der Waals surface area contributed by atoms with E-state index in [4.69, 9.17) is 4.74 Å². The quantitative estimate of drug-likeness (QED) is 0.708. The smallest absolute Gasteiger partial charge is 0.551 e. The molecule has 57 valence electrons. The van der Waals surface area contributed by atoms with Crippen molar-refractivity contribution in [2.24, 2.45) is 5.92 Å². The van der Waals surface area contributed by atoms with Crippen molar-refractivity contribution in [3.63, 3.8) is 0 Å². The standard InChI is InChI=1S/C8H11O.Os/c1-7(9-2)8-5-3-4-6-8;/h3-6,8H,1-2H3;/q-1;+1. The molecule has 2 heteroatoms. The molecule has 0 aliphatic heterocycles. The first-order chi connectivity index (χ1) is 4.34. The van der Waals surface area contributed by atoms with E-state index < -0.39 is 0 Å². The summed E-state index contributed by atoms with van der Waals surface area (Å²) >= 11 is 0. The van der Waals surface area contributed by atoms with Crippen LogP contribution < -0.4 is 0 Å². The van der Waals surface area contributed by atoms with Crippen LogP contribution in [0.1, 0.15) is 6.92 Å². The first-order valence-electron chi connectivity index (χ1n) is 3.07. The van der Waals surface area contributed by atoms with Crippen molar-refractivity contribution in [2.75, 3.05) is 7.11 Å². The van der Waals surface area contributed by atoms with Crippen molar-refractivity contribution in [2.45, 2.75) is 6.92 Å². The van der Waals surface area contributed by atoms with E-state index in [0.29, 0.717) is 5.92 Å². The van der Waals surface area contributed by atoms with Crippen molar-refractivity contribution < 1.29 is 24.5 Å². The first kappa shape index (κ1) is 10.1. The Bertz CT molecular complexity index is 128. The maximum Gasteiger partial charge on any atom is 1.00 e. The summed E-state index contributed by atoms with van der Waals surface area (Å²) in [6.45, 7) is 1.99. The van der Waals surface area contributed by atoms with E-state index in [1.807, 2.05) is 19.1 Å². The number of hydrogen-bond acceptors (Lipinski definition) is 1. The third kappa shape index (κ3) is 2.37. The van der Waals surface area contributed by atoms with Gasteiger partial charge in [0.2, 0.25) is 0 Å². The maximum absolute atomic E-state index is 5.05. The monoisotopic (exact) mass is 315 g/mol. The van der Waals surface area contributed by atoms with Crippen molar-refractivity contribution >= 4 is 0 Å². The molecule has 0 aromatic rings. The van der Waals surface area contributed by atoms with Crippen molar-refractivity contribution in [3.8, 4) is 0 Å². The minimum Gasteiger partial charge on any atom is -0.551 e. The van der Waals surface area contributed by atoms with Crippen LogP contribution >= 0.6 is 0 Å². The fourth-order valence-corrected chi connectivity index (χ4v) is 0.839. The molecule has 0 heterocycles. The Morgan fingerprint density at radius 1 is 1.30 bits per heavy atom. The number of ether oxygens (including phenoxy) is 1. The molecule has 0 aromatic heterocycles. The fraction of sp³-hybridized carbons (Fsp3) is 0.375. The molecule has 1 rings (SSSR count). The molecule has 0 atom stereocenters. The third-order valence-corrected chi connectivity index (χ3v) is 1.54. The summed E-state index contributed by atoms with van der Waals surface area (Å²) in [5.74, 6) is 0.412. The van der Waals surface area contributed by atoms with E-state index in [9.17, 15) is 0 Å². The van der Waals surface area contributed by atoms with Gasteiger partial charge in [0, 0.05) is 0 Å². The normalized spacial score (nSPS) is 16.3. The molecule has 0 saturated carbocycles. The Hall–Kier alpha value is 0.0764. The average Bonchev–Trinajstić information content (AvgIpc) is 2.37. The van der Waals surface area contributed by atoms with E-state index >= 15 is 0 Å². The van der Waals surface area contributed by atoms with Gasteiger partial charge in [0.1, 0.15) is 0 Å². The molecule has 0 saturated heterocycles. The minimum atomic E-state index is 0. The Balaban J connectivity index is 0.000000810. The van der Waals surface area contributed by atoms with Gasteiger partial charge in [-0.15, -0.1) is 18.1 Å². The van der Waals surface area contributed by atoms with Crippen LogP contribution in [0.4, 0.5) is 0 Å². The Labute approximate surface area is 75.2 Å². The maximum atomic E-state index is 5.05. The Morgan fingerprint density at radius 3 is 2.20 bits per heavy atom. The van der Waals surface area contributed by atoms with E-state index in [-0.39, 0.29) is 19.8 Å². The van der Waals surface area contributed by atoms with Crippen LogP contribution in [0, 0.1) is 12.0 Å². The van der Waals surface area contributed by atoms with Crippen LogP contribution in [0.15, 0.2) is 24.3 Å². The molecular weight excluding hydrogens is 302 g/mol. The van der Waals surface area contributed by atoms with Crippen molar-refractivity contribution in [3.05, 3.63) is 30.4 Å². The third-order valence-electron chi connectivity index (χ3n) is 1.54. The molecular formula is C8H11OOs. The average molecular weight is 313 g/mol. The van der Waals surface area contributed by atoms with E-state index in [2.05, 4.69) is 12.2 Å². The fourth-order valence-electron chi connectivity index (χ4n) is 0.839. The zero-order valence-corrected chi connectivity index (χ0v) is 8.69. The van der Waals surface area contributed by atoms with Gasteiger partial charge in [-0.3, -0.25) is 0 Å². The molecule has 1 aliphatic carbocycles. The largest absolute Gasteiger partial charge is 1.00 e. The minimum absolute atomic E-state index is 0. The van der Waals surface area contributed by atoms with Crippen molar-refractivity contribution in [1.82, 2.24) is 0 Å². The molecule has 1 aliphatic rings. The van der Waals surface area contributed by atoms with E-state index in [0.717, 1.165) is 6.10 Å². The van der Waals surface area contributed by atoms with Crippen LogP contribution in [-0.2, 0) is 24.5 Å². The van der Waals surface area contributed by atoms with Gasteiger partial charge in [0.05, 0.1) is 0 Å². The number of allylic oxidation sites excluding steroid dienone is 2. The SMILES string of the molecule is CO[C-](C)C1C=CC=C1.[Os+]. The predicted molar refractivity (Wildman–Crippen MR) is 37.7 cm³/mol. The van der Waals surface area contributed by atoms with Crippen molar-refractivity contribution in [1.29, 1.82) is 0 Å². The summed E-state index contributed by atoms with van der Waals surface area (Å²) in [6.07, 6.45) is 9.35. The van der Waals surface area contributed by atoms with Gasteiger partial charge in [0.15, 0.2) is 0 Å². The van der Waals surface area contributed by atoms with Crippen LogP contribution in [0.5, 0.6) is 0 Å². The molecule has 0 unspecified atom stereocenters. The first-order valence-corrected chi connectivity index (χ1v) is 3.07. The van der Waals surface area contributed by atoms with Crippen LogP contribution in [0.3, 0.4) is 0 Å². The Morgan fingerprint density at radius 2 is 1.80 bits per heavy atom. The van der Waals surface area contributed by atoms with Gasteiger partial charge in [0.25, 0.3) is 0 Å². The Kier molecular flexibility index (Phi) is 4.86. The molecule has 1 radical (unpaired) electrons. The molecule has 10 heavy (non-hydrogen) atoms. The zero-order chi connectivity index (χ0) is 6.69. The second-order valence-corrected chi connectivity index (χ2v) is 2.11. The van der Waals surface area contributed by atoms with Crippen LogP contribution in [0.2, 0.25) is 0 Å². The summed E-state index contributed by atoms with van der Waals surface area (Å²) in [5, 5.41) is 0. The van der Waals surface area contributed by atoms with Gasteiger partial charge in [-0.2, -0.15) is 13.0 Å². The van der Waals surface area contributed by atoms with Gasteiger partial charge in [-0.25, -0.2) is 0 Å². The van der Waals surface area contributed by atoms with Gasteiger partial charge < -0.3 is 4.74 Å². The van der Waals surface area contributed by atoms with E-state index in [1.165, 1.54) is 0 Å². The van der Waals surface area contributed by atoms with Gasteiger partial charge in [-0.1, -0.05) is 12.2 Å². The zero-order valence-electron chi connectivity index (χ0n) is 6.15. The number of hydrogen-bond donors (Lipinski definition) is 0.